The van der Waals surface area contributed by atoms with Crippen LogP contribution in [-0.4, -0.2) is 24.5 Å². The third-order valence-electron chi connectivity index (χ3n) is 3.07. The first-order chi connectivity index (χ1) is 5.58. The van der Waals surface area contributed by atoms with Crippen LogP contribution in [0.4, 0.5) is 0 Å². The van der Waals surface area contributed by atoms with Crippen LogP contribution in [0.3, 0.4) is 0 Å². The Morgan fingerprint density at radius 2 is 2.25 bits per heavy atom. The molecule has 0 aromatic heterocycles. The fraction of sp³-hybridized carbons (Fsp3) is 0.818. The van der Waals surface area contributed by atoms with Crippen LogP contribution in [0.5, 0.6) is 0 Å². The van der Waals surface area contributed by atoms with E-state index in [1.807, 2.05) is 0 Å². The molecular formula is C11H19N. The van der Waals surface area contributed by atoms with Crippen LogP contribution in [0.2, 0.25) is 0 Å². The lowest BCUT2D eigenvalue weighted by Gasteiger charge is -2.33. The molecule has 0 amide bonds. The first kappa shape index (κ1) is 9.61. The van der Waals surface area contributed by atoms with Gasteiger partial charge >= 0.3 is 0 Å². The Morgan fingerprint density at radius 3 is 2.67 bits per heavy atom. The monoisotopic (exact) mass is 165 g/mol. The summed E-state index contributed by atoms with van der Waals surface area (Å²) in [6.45, 7) is 5.48. The van der Waals surface area contributed by atoms with Crippen LogP contribution >= 0.6 is 0 Å². The van der Waals surface area contributed by atoms with Crippen LogP contribution in [0.15, 0.2) is 0 Å². The molecule has 68 valence electrons. The molecule has 0 aliphatic heterocycles. The Labute approximate surface area is 76.1 Å². The lowest BCUT2D eigenvalue weighted by Crippen LogP contribution is -2.39. The van der Waals surface area contributed by atoms with E-state index in [1.165, 1.54) is 19.3 Å². The molecule has 1 atom stereocenters. The highest BCUT2D eigenvalue weighted by Crippen LogP contribution is 2.39. The average molecular weight is 165 g/mol. The molecule has 0 aromatic carbocycles. The average Bonchev–Trinajstić information content (AvgIpc) is 2.30. The Hall–Kier alpha value is -0.480. The SMILES string of the molecule is C#CCN(C)C1CCCC1(C)C. The van der Waals surface area contributed by atoms with E-state index in [0.29, 0.717) is 11.5 Å². The van der Waals surface area contributed by atoms with Gasteiger partial charge in [-0.3, -0.25) is 4.90 Å². The van der Waals surface area contributed by atoms with E-state index < -0.39 is 0 Å². The maximum Gasteiger partial charge on any atom is 0.0599 e. The van der Waals surface area contributed by atoms with Crippen LogP contribution < -0.4 is 0 Å². The fourth-order valence-corrected chi connectivity index (χ4v) is 2.38. The summed E-state index contributed by atoms with van der Waals surface area (Å²) in [6.07, 6.45) is 9.30. The van der Waals surface area contributed by atoms with Gasteiger partial charge in [0, 0.05) is 6.04 Å². The molecule has 12 heavy (non-hydrogen) atoms. The summed E-state index contributed by atoms with van der Waals surface area (Å²) in [4.78, 5) is 2.31. The van der Waals surface area contributed by atoms with E-state index in [-0.39, 0.29) is 0 Å². The van der Waals surface area contributed by atoms with Gasteiger partial charge in [-0.05, 0) is 25.3 Å². The van der Waals surface area contributed by atoms with E-state index >= 15 is 0 Å². The molecule has 1 aliphatic rings. The minimum atomic E-state index is 0.464. The van der Waals surface area contributed by atoms with Crippen molar-refractivity contribution in [2.24, 2.45) is 5.41 Å². The van der Waals surface area contributed by atoms with Crippen LogP contribution in [0.1, 0.15) is 33.1 Å². The Morgan fingerprint density at radius 1 is 1.58 bits per heavy atom. The van der Waals surface area contributed by atoms with E-state index in [2.05, 4.69) is 31.7 Å². The van der Waals surface area contributed by atoms with Crippen molar-refractivity contribution >= 4 is 0 Å². The van der Waals surface area contributed by atoms with Gasteiger partial charge in [0.2, 0.25) is 0 Å². The van der Waals surface area contributed by atoms with Gasteiger partial charge in [0.1, 0.15) is 0 Å². The third-order valence-corrected chi connectivity index (χ3v) is 3.07. The lowest BCUT2D eigenvalue weighted by atomic mass is 9.86. The first-order valence-corrected chi connectivity index (χ1v) is 4.71. The summed E-state index contributed by atoms with van der Waals surface area (Å²) in [5, 5.41) is 0. The third kappa shape index (κ3) is 1.81. The first-order valence-electron chi connectivity index (χ1n) is 4.71. The molecule has 0 bridgehead atoms. The number of nitrogens with zero attached hydrogens (tertiary/aromatic N) is 1. The van der Waals surface area contributed by atoms with E-state index in [0.717, 1.165) is 6.54 Å². The highest BCUT2D eigenvalue weighted by Gasteiger charge is 2.36. The quantitative estimate of drug-likeness (QED) is 0.567. The minimum Gasteiger partial charge on any atom is -0.292 e. The smallest absolute Gasteiger partial charge is 0.0599 e. The summed E-state index contributed by atoms with van der Waals surface area (Å²) in [5.74, 6) is 2.71. The van der Waals surface area contributed by atoms with Crippen molar-refractivity contribution in [3.63, 3.8) is 0 Å². The topological polar surface area (TPSA) is 3.24 Å². The molecule has 0 heterocycles. The highest BCUT2D eigenvalue weighted by molar-refractivity contribution is 4.95. The Balaban J connectivity index is 2.57. The van der Waals surface area contributed by atoms with Crippen molar-refractivity contribution in [1.82, 2.24) is 4.90 Å². The maximum absolute atomic E-state index is 5.29. The zero-order valence-corrected chi connectivity index (χ0v) is 8.43. The van der Waals surface area contributed by atoms with Crippen molar-refractivity contribution in [3.8, 4) is 12.3 Å². The standard InChI is InChI=1S/C11H19N/c1-5-9-12(4)10-7-6-8-11(10,2)3/h1,10H,6-9H2,2-4H3. The second-order valence-corrected chi connectivity index (χ2v) is 4.52. The largest absolute Gasteiger partial charge is 0.292 e. The predicted octanol–water partition coefficient (Wildman–Crippen LogP) is 2.13. The lowest BCUT2D eigenvalue weighted by molar-refractivity contribution is 0.156. The molecule has 1 saturated carbocycles. The number of hydrogen-bond acceptors (Lipinski definition) is 1. The molecule has 0 radical (unpaired) electrons. The molecule has 1 heteroatoms. The number of rotatable bonds is 2. The number of terminal acetylenes is 1. The summed E-state index contributed by atoms with van der Waals surface area (Å²) >= 11 is 0. The second-order valence-electron chi connectivity index (χ2n) is 4.52. The van der Waals surface area contributed by atoms with Gasteiger partial charge in [0.25, 0.3) is 0 Å². The van der Waals surface area contributed by atoms with Crippen molar-refractivity contribution in [2.45, 2.75) is 39.2 Å². The van der Waals surface area contributed by atoms with Crippen LogP contribution in [0, 0.1) is 17.8 Å². The number of hydrogen-bond donors (Lipinski definition) is 0. The van der Waals surface area contributed by atoms with Gasteiger partial charge in [0.15, 0.2) is 0 Å². The zero-order chi connectivity index (χ0) is 9.19. The molecule has 0 saturated heterocycles. The van der Waals surface area contributed by atoms with Gasteiger partial charge in [-0.25, -0.2) is 0 Å². The van der Waals surface area contributed by atoms with Crippen molar-refractivity contribution in [1.29, 1.82) is 0 Å². The molecule has 1 fully saturated rings. The molecule has 0 aromatic rings. The maximum atomic E-state index is 5.29. The van der Waals surface area contributed by atoms with Gasteiger partial charge in [-0.2, -0.15) is 0 Å². The van der Waals surface area contributed by atoms with Crippen molar-refractivity contribution in [2.75, 3.05) is 13.6 Å². The Kier molecular flexibility index (Phi) is 2.80. The van der Waals surface area contributed by atoms with E-state index in [9.17, 15) is 0 Å². The predicted molar refractivity (Wildman–Crippen MR) is 52.9 cm³/mol. The zero-order valence-electron chi connectivity index (χ0n) is 8.43. The molecule has 1 rings (SSSR count). The minimum absolute atomic E-state index is 0.464. The van der Waals surface area contributed by atoms with Crippen LogP contribution in [0.25, 0.3) is 0 Å². The molecular weight excluding hydrogens is 146 g/mol. The second kappa shape index (κ2) is 3.49. The molecule has 1 nitrogen and oxygen atoms in total. The van der Waals surface area contributed by atoms with Crippen LogP contribution in [-0.2, 0) is 0 Å². The molecule has 1 aliphatic carbocycles. The molecule has 1 unspecified atom stereocenters. The molecule has 0 N–H and O–H groups in total. The van der Waals surface area contributed by atoms with Gasteiger partial charge in [-0.1, -0.05) is 26.2 Å². The normalized spacial score (nSPS) is 27.4. The summed E-state index contributed by atoms with van der Waals surface area (Å²) in [5.41, 5.74) is 0.464. The fourth-order valence-electron chi connectivity index (χ4n) is 2.38. The molecule has 0 spiro atoms. The van der Waals surface area contributed by atoms with Crippen molar-refractivity contribution < 1.29 is 0 Å². The summed E-state index contributed by atoms with van der Waals surface area (Å²) in [6, 6.07) is 0.688. The van der Waals surface area contributed by atoms with E-state index in [1.54, 1.807) is 0 Å². The summed E-state index contributed by atoms with van der Waals surface area (Å²) < 4.78 is 0. The van der Waals surface area contributed by atoms with Gasteiger partial charge < -0.3 is 0 Å². The Bertz CT molecular complexity index is 188. The van der Waals surface area contributed by atoms with Crippen molar-refractivity contribution in [3.05, 3.63) is 0 Å². The van der Waals surface area contributed by atoms with Gasteiger partial charge in [0.05, 0.1) is 6.54 Å². The van der Waals surface area contributed by atoms with E-state index in [4.69, 9.17) is 6.42 Å². The highest BCUT2D eigenvalue weighted by atomic mass is 15.1. The van der Waals surface area contributed by atoms with Gasteiger partial charge in [-0.15, -0.1) is 6.42 Å². The summed E-state index contributed by atoms with van der Waals surface area (Å²) in [7, 11) is 2.14.